The van der Waals surface area contributed by atoms with Gasteiger partial charge in [-0.05, 0) is 32.0 Å². The third-order valence-electron chi connectivity index (χ3n) is 3.09. The van der Waals surface area contributed by atoms with Crippen LogP contribution in [0.25, 0.3) is 0 Å². The Kier molecular flexibility index (Phi) is 5.17. The van der Waals surface area contributed by atoms with Gasteiger partial charge in [0.1, 0.15) is 11.9 Å². The molecule has 0 fully saturated rings. The fraction of sp³-hybridized carbons (Fsp3) is 0.294. The minimum Gasteiger partial charge on any atom is -0.490 e. The van der Waals surface area contributed by atoms with E-state index in [1.807, 2.05) is 25.1 Å². The molecule has 0 saturated heterocycles. The zero-order chi connectivity index (χ0) is 15.2. The minimum absolute atomic E-state index is 0.325. The largest absolute Gasteiger partial charge is 0.490 e. The first-order valence-corrected chi connectivity index (χ1v) is 7.02. The Hall–Kier alpha value is -2.07. The van der Waals surface area contributed by atoms with Crippen LogP contribution in [0, 0.1) is 5.82 Å². The highest BCUT2D eigenvalue weighted by atomic mass is 19.1. The smallest absolute Gasteiger partial charge is 0.162 e. The predicted octanol–water partition coefficient (Wildman–Crippen LogP) is 3.69. The minimum atomic E-state index is -0.576. The van der Waals surface area contributed by atoms with E-state index < -0.39 is 6.10 Å². The van der Waals surface area contributed by atoms with Crippen LogP contribution in [-0.4, -0.2) is 12.6 Å². The fourth-order valence-corrected chi connectivity index (χ4v) is 2.12. The van der Waals surface area contributed by atoms with E-state index in [4.69, 9.17) is 15.2 Å². The van der Waals surface area contributed by atoms with Crippen LogP contribution in [0.15, 0.2) is 48.5 Å². The van der Waals surface area contributed by atoms with E-state index in [0.29, 0.717) is 23.7 Å². The summed E-state index contributed by atoms with van der Waals surface area (Å²) in [5.74, 6) is 0.862. The summed E-state index contributed by atoms with van der Waals surface area (Å²) in [6.45, 7) is 4.22. The Bertz CT molecular complexity index is 587. The lowest BCUT2D eigenvalue weighted by Gasteiger charge is -2.24. The molecule has 0 heterocycles. The number of rotatable bonds is 6. The van der Waals surface area contributed by atoms with Gasteiger partial charge in [0, 0.05) is 11.6 Å². The summed E-state index contributed by atoms with van der Waals surface area (Å²) in [7, 11) is 0. The van der Waals surface area contributed by atoms with Crippen molar-refractivity contribution in [2.45, 2.75) is 26.0 Å². The van der Waals surface area contributed by atoms with Crippen molar-refractivity contribution in [1.29, 1.82) is 0 Å². The lowest BCUT2D eigenvalue weighted by Crippen LogP contribution is -2.29. The zero-order valence-corrected chi connectivity index (χ0v) is 12.3. The van der Waals surface area contributed by atoms with E-state index in [0.717, 1.165) is 0 Å². The Balaban J connectivity index is 2.32. The summed E-state index contributed by atoms with van der Waals surface area (Å²) in [6, 6.07) is 13.5. The van der Waals surface area contributed by atoms with Crippen LogP contribution in [-0.2, 0) is 0 Å². The molecule has 2 aromatic rings. The second-order valence-corrected chi connectivity index (χ2v) is 4.80. The number of para-hydroxylation sites is 2. The van der Waals surface area contributed by atoms with E-state index in [1.165, 1.54) is 6.07 Å². The van der Waals surface area contributed by atoms with E-state index in [2.05, 4.69) is 0 Å². The van der Waals surface area contributed by atoms with Gasteiger partial charge < -0.3 is 15.2 Å². The third-order valence-corrected chi connectivity index (χ3v) is 3.09. The zero-order valence-electron chi connectivity index (χ0n) is 12.3. The number of hydrogen-bond acceptors (Lipinski definition) is 3. The lowest BCUT2D eigenvalue weighted by atomic mass is 10.0. The number of ether oxygens (including phenoxy) is 2. The SMILES string of the molecule is CCOc1ccccc1OC(c1ccccc1F)C(C)N. The topological polar surface area (TPSA) is 44.5 Å². The molecule has 0 bridgehead atoms. The molecule has 0 amide bonds. The van der Waals surface area contributed by atoms with Gasteiger partial charge in [0.2, 0.25) is 0 Å². The highest BCUT2D eigenvalue weighted by molar-refractivity contribution is 5.40. The summed E-state index contributed by atoms with van der Waals surface area (Å²) < 4.78 is 25.4. The first kappa shape index (κ1) is 15.3. The monoisotopic (exact) mass is 289 g/mol. The van der Waals surface area contributed by atoms with Gasteiger partial charge >= 0.3 is 0 Å². The van der Waals surface area contributed by atoms with Gasteiger partial charge in [0.25, 0.3) is 0 Å². The van der Waals surface area contributed by atoms with E-state index in [9.17, 15) is 4.39 Å². The summed E-state index contributed by atoms with van der Waals surface area (Å²) in [6.07, 6.45) is -0.576. The van der Waals surface area contributed by atoms with E-state index in [1.54, 1.807) is 31.2 Å². The molecular weight excluding hydrogens is 269 g/mol. The fourth-order valence-electron chi connectivity index (χ4n) is 2.12. The number of halogens is 1. The van der Waals surface area contributed by atoms with Gasteiger partial charge in [-0.2, -0.15) is 0 Å². The molecule has 0 saturated carbocycles. The van der Waals surface area contributed by atoms with Gasteiger partial charge in [0.15, 0.2) is 11.5 Å². The molecule has 0 radical (unpaired) electrons. The van der Waals surface area contributed by atoms with Crippen LogP contribution in [0.2, 0.25) is 0 Å². The Morgan fingerprint density at radius 1 is 1.05 bits per heavy atom. The average Bonchev–Trinajstić information content (AvgIpc) is 2.47. The molecule has 21 heavy (non-hydrogen) atoms. The van der Waals surface area contributed by atoms with Crippen molar-refractivity contribution < 1.29 is 13.9 Å². The Morgan fingerprint density at radius 2 is 1.67 bits per heavy atom. The normalized spacial score (nSPS) is 13.5. The van der Waals surface area contributed by atoms with E-state index in [-0.39, 0.29) is 11.9 Å². The molecular formula is C17H20FNO2. The molecule has 0 aliphatic rings. The standard InChI is InChI=1S/C17H20FNO2/c1-3-20-15-10-6-7-11-16(15)21-17(12(2)19)13-8-4-5-9-14(13)18/h4-12,17H,3,19H2,1-2H3. The summed E-state index contributed by atoms with van der Waals surface area (Å²) in [5, 5.41) is 0. The van der Waals surface area contributed by atoms with Crippen molar-refractivity contribution in [3.8, 4) is 11.5 Å². The second kappa shape index (κ2) is 7.09. The van der Waals surface area contributed by atoms with Crippen LogP contribution >= 0.6 is 0 Å². The molecule has 2 atom stereocenters. The van der Waals surface area contributed by atoms with Crippen LogP contribution in [0.5, 0.6) is 11.5 Å². The number of nitrogens with two attached hydrogens (primary N) is 1. The maximum absolute atomic E-state index is 14.0. The maximum atomic E-state index is 14.0. The average molecular weight is 289 g/mol. The van der Waals surface area contributed by atoms with Crippen LogP contribution in [0.1, 0.15) is 25.5 Å². The predicted molar refractivity (Wildman–Crippen MR) is 81.0 cm³/mol. The Morgan fingerprint density at radius 3 is 2.29 bits per heavy atom. The van der Waals surface area contributed by atoms with Crippen molar-refractivity contribution in [3.05, 3.63) is 59.9 Å². The quantitative estimate of drug-likeness (QED) is 0.882. The van der Waals surface area contributed by atoms with Crippen LogP contribution < -0.4 is 15.2 Å². The molecule has 0 aliphatic carbocycles. The Labute approximate surface area is 124 Å². The van der Waals surface area contributed by atoms with Gasteiger partial charge in [-0.25, -0.2) is 4.39 Å². The first-order valence-electron chi connectivity index (χ1n) is 7.02. The molecule has 2 N–H and O–H groups in total. The maximum Gasteiger partial charge on any atom is 0.162 e. The van der Waals surface area contributed by atoms with Crippen molar-refractivity contribution in [1.82, 2.24) is 0 Å². The van der Waals surface area contributed by atoms with Crippen LogP contribution in [0.3, 0.4) is 0 Å². The molecule has 2 rings (SSSR count). The molecule has 112 valence electrons. The molecule has 2 unspecified atom stereocenters. The van der Waals surface area contributed by atoms with Crippen molar-refractivity contribution >= 4 is 0 Å². The highest BCUT2D eigenvalue weighted by Crippen LogP contribution is 2.32. The summed E-state index contributed by atoms with van der Waals surface area (Å²) >= 11 is 0. The van der Waals surface area contributed by atoms with Crippen molar-refractivity contribution in [3.63, 3.8) is 0 Å². The van der Waals surface area contributed by atoms with Gasteiger partial charge in [-0.3, -0.25) is 0 Å². The number of hydrogen-bond donors (Lipinski definition) is 1. The summed E-state index contributed by atoms with van der Waals surface area (Å²) in [4.78, 5) is 0. The third kappa shape index (κ3) is 3.73. The highest BCUT2D eigenvalue weighted by Gasteiger charge is 2.22. The molecule has 0 spiro atoms. The molecule has 2 aromatic carbocycles. The van der Waals surface area contributed by atoms with Crippen LogP contribution in [0.4, 0.5) is 4.39 Å². The van der Waals surface area contributed by atoms with Gasteiger partial charge in [-0.1, -0.05) is 30.3 Å². The van der Waals surface area contributed by atoms with E-state index >= 15 is 0 Å². The summed E-state index contributed by atoms with van der Waals surface area (Å²) in [5.41, 5.74) is 6.42. The molecule has 3 nitrogen and oxygen atoms in total. The molecule has 4 heteroatoms. The second-order valence-electron chi connectivity index (χ2n) is 4.80. The van der Waals surface area contributed by atoms with Crippen molar-refractivity contribution in [2.75, 3.05) is 6.61 Å². The van der Waals surface area contributed by atoms with Gasteiger partial charge in [0.05, 0.1) is 6.61 Å². The lowest BCUT2D eigenvalue weighted by molar-refractivity contribution is 0.166. The van der Waals surface area contributed by atoms with Crippen molar-refractivity contribution in [2.24, 2.45) is 5.73 Å². The number of benzene rings is 2. The first-order chi connectivity index (χ1) is 10.1. The van der Waals surface area contributed by atoms with Gasteiger partial charge in [-0.15, -0.1) is 0 Å². The molecule has 0 aromatic heterocycles. The molecule has 0 aliphatic heterocycles.